The van der Waals surface area contributed by atoms with E-state index in [0.29, 0.717) is 0 Å². The highest BCUT2D eigenvalue weighted by Gasteiger charge is 2.42. The third kappa shape index (κ3) is 3.39. The van der Waals surface area contributed by atoms with Crippen LogP contribution in [-0.2, 0) is 0 Å². The van der Waals surface area contributed by atoms with Gasteiger partial charge in [-0.3, -0.25) is 4.79 Å². The molecule has 0 spiro atoms. The van der Waals surface area contributed by atoms with Crippen LogP contribution in [0.3, 0.4) is 0 Å². The summed E-state index contributed by atoms with van der Waals surface area (Å²) in [6, 6.07) is 37.8. The van der Waals surface area contributed by atoms with Crippen LogP contribution in [0.15, 0.2) is 133 Å². The first-order valence-electron chi connectivity index (χ1n) is 11.8. The molecule has 0 bridgehead atoms. The lowest BCUT2D eigenvalue weighted by Crippen LogP contribution is -2.34. The van der Waals surface area contributed by atoms with E-state index in [1.54, 1.807) is 0 Å². The Morgan fingerprint density at radius 3 is 1.82 bits per heavy atom. The predicted octanol–water partition coefficient (Wildman–Crippen LogP) is 7.84. The fourth-order valence-electron chi connectivity index (χ4n) is 5.49. The van der Waals surface area contributed by atoms with Crippen LogP contribution in [0, 0.1) is 11.8 Å². The van der Waals surface area contributed by atoms with E-state index in [1.807, 2.05) is 30.3 Å². The molecule has 2 heteroatoms. The maximum atomic E-state index is 13.4. The van der Waals surface area contributed by atoms with Crippen LogP contribution in [-0.4, -0.2) is 5.78 Å². The maximum absolute atomic E-state index is 13.4. The van der Waals surface area contributed by atoms with Crippen LogP contribution in [0.25, 0.3) is 0 Å². The van der Waals surface area contributed by atoms with Crippen molar-refractivity contribution in [2.75, 3.05) is 4.90 Å². The summed E-state index contributed by atoms with van der Waals surface area (Å²) in [4.78, 5) is 15.7. The maximum Gasteiger partial charge on any atom is 0.170 e. The second kappa shape index (κ2) is 8.64. The molecule has 2 aliphatic carbocycles. The fourth-order valence-corrected chi connectivity index (χ4v) is 5.49. The summed E-state index contributed by atoms with van der Waals surface area (Å²) < 4.78 is 0. The number of rotatable bonds is 4. The summed E-state index contributed by atoms with van der Waals surface area (Å²) in [7, 11) is 0. The van der Waals surface area contributed by atoms with Crippen molar-refractivity contribution in [1.82, 2.24) is 0 Å². The van der Waals surface area contributed by atoms with E-state index in [2.05, 4.69) is 108 Å². The number of ketones is 1. The van der Waals surface area contributed by atoms with Crippen LogP contribution >= 0.6 is 0 Å². The fraction of sp³-hybridized carbons (Fsp3) is 0.0938. The van der Waals surface area contributed by atoms with Crippen LogP contribution in [0.2, 0.25) is 0 Å². The van der Waals surface area contributed by atoms with Crippen LogP contribution in [0.4, 0.5) is 17.1 Å². The summed E-state index contributed by atoms with van der Waals surface area (Å²) in [6.45, 7) is 0. The molecule has 3 atom stereocenters. The number of benzene rings is 4. The molecule has 4 aromatic rings. The minimum absolute atomic E-state index is 0.0752. The molecule has 6 rings (SSSR count). The zero-order valence-electron chi connectivity index (χ0n) is 18.8. The molecular weight excluding hydrogens is 414 g/mol. The van der Waals surface area contributed by atoms with Gasteiger partial charge >= 0.3 is 0 Å². The Labute approximate surface area is 200 Å². The predicted molar refractivity (Wildman–Crippen MR) is 139 cm³/mol. The number of nitrogens with zero attached hydrogens (tertiary/aromatic N) is 1. The molecule has 0 saturated carbocycles. The monoisotopic (exact) mass is 439 g/mol. The van der Waals surface area contributed by atoms with Gasteiger partial charge in [-0.25, -0.2) is 0 Å². The molecule has 0 amide bonds. The SMILES string of the molecule is O=C1c2ccccc2C(c2ccccc2N(c2ccccc2)c2ccccc2)C2C=CC=CC12. The van der Waals surface area contributed by atoms with E-state index in [-0.39, 0.29) is 23.5 Å². The molecule has 0 saturated heterocycles. The van der Waals surface area contributed by atoms with Crippen molar-refractivity contribution in [3.05, 3.63) is 150 Å². The number of anilines is 3. The largest absolute Gasteiger partial charge is 0.310 e. The number of fused-ring (bicyclic) bond motifs is 2. The number of Topliss-reactive ketones (excluding diaryl/α,β-unsaturated/α-hetero) is 1. The normalized spacial score (nSPS) is 20.5. The minimum Gasteiger partial charge on any atom is -0.310 e. The molecule has 2 nitrogen and oxygen atoms in total. The zero-order valence-corrected chi connectivity index (χ0v) is 18.8. The molecule has 0 N–H and O–H groups in total. The van der Waals surface area contributed by atoms with Gasteiger partial charge < -0.3 is 4.90 Å². The standard InChI is InChI=1S/C32H25NO/c34-32-27-19-9-7-17-25(27)31(26-18-8-10-20-28(26)32)29-21-11-12-22-30(29)33(23-13-3-1-4-14-23)24-15-5-2-6-16-24/h1-22,25,27,31H. The van der Waals surface area contributed by atoms with Crippen molar-refractivity contribution in [2.24, 2.45) is 11.8 Å². The summed E-state index contributed by atoms with van der Waals surface area (Å²) in [5.41, 5.74) is 6.53. The number of allylic oxidation sites excluding steroid dienone is 4. The molecule has 164 valence electrons. The molecule has 0 heterocycles. The lowest BCUT2D eigenvalue weighted by molar-refractivity contribution is 0.0900. The summed E-state index contributed by atoms with van der Waals surface area (Å²) in [5.74, 6) is 0.242. The van der Waals surface area contributed by atoms with E-state index in [9.17, 15) is 4.79 Å². The van der Waals surface area contributed by atoms with Gasteiger partial charge in [0.15, 0.2) is 5.78 Å². The molecule has 3 unspecified atom stereocenters. The van der Waals surface area contributed by atoms with Crippen LogP contribution < -0.4 is 4.90 Å². The molecule has 0 aliphatic heterocycles. The smallest absolute Gasteiger partial charge is 0.170 e. The van der Waals surface area contributed by atoms with Crippen molar-refractivity contribution < 1.29 is 4.79 Å². The molecule has 0 radical (unpaired) electrons. The summed E-state index contributed by atoms with van der Waals surface area (Å²) >= 11 is 0. The van der Waals surface area contributed by atoms with Gasteiger partial charge in [0.05, 0.1) is 0 Å². The minimum atomic E-state index is -0.139. The number of carbonyl (C=O) groups is 1. The van der Waals surface area contributed by atoms with Crippen LogP contribution in [0.1, 0.15) is 27.4 Å². The number of hydrogen-bond donors (Lipinski definition) is 0. The van der Waals surface area contributed by atoms with Gasteiger partial charge in [0.25, 0.3) is 0 Å². The first-order chi connectivity index (χ1) is 16.8. The van der Waals surface area contributed by atoms with Crippen LogP contribution in [0.5, 0.6) is 0 Å². The molecule has 0 aromatic heterocycles. The number of hydrogen-bond acceptors (Lipinski definition) is 2. The van der Waals surface area contributed by atoms with Crippen molar-refractivity contribution in [3.63, 3.8) is 0 Å². The third-order valence-electron chi connectivity index (χ3n) is 6.97. The molecule has 2 aliphatic rings. The average molecular weight is 440 g/mol. The Morgan fingerprint density at radius 1 is 0.559 bits per heavy atom. The number of para-hydroxylation sites is 3. The van der Waals surface area contributed by atoms with Gasteiger partial charge in [-0.15, -0.1) is 0 Å². The third-order valence-corrected chi connectivity index (χ3v) is 6.97. The Hall–Kier alpha value is -4.17. The number of carbonyl (C=O) groups excluding carboxylic acids is 1. The van der Waals surface area contributed by atoms with Crippen molar-refractivity contribution >= 4 is 22.8 Å². The lowest BCUT2D eigenvalue weighted by atomic mass is 9.64. The van der Waals surface area contributed by atoms with Crippen molar-refractivity contribution in [1.29, 1.82) is 0 Å². The van der Waals surface area contributed by atoms with Gasteiger partial charge in [-0.05, 0) is 41.5 Å². The quantitative estimate of drug-likeness (QED) is 0.323. The second-order valence-electron chi connectivity index (χ2n) is 8.87. The Balaban J connectivity index is 1.59. The average Bonchev–Trinajstić information content (AvgIpc) is 2.91. The van der Waals surface area contributed by atoms with E-state index in [1.165, 1.54) is 5.56 Å². The van der Waals surface area contributed by atoms with E-state index < -0.39 is 0 Å². The van der Waals surface area contributed by atoms with Crippen molar-refractivity contribution in [2.45, 2.75) is 5.92 Å². The van der Waals surface area contributed by atoms with Crippen molar-refractivity contribution in [3.8, 4) is 0 Å². The summed E-state index contributed by atoms with van der Waals surface area (Å²) in [6.07, 6.45) is 8.39. The highest BCUT2D eigenvalue weighted by Crippen LogP contribution is 2.50. The Kier molecular flexibility index (Phi) is 5.20. The lowest BCUT2D eigenvalue weighted by Gasteiger charge is -2.39. The summed E-state index contributed by atoms with van der Waals surface area (Å²) in [5, 5.41) is 0. The molecule has 34 heavy (non-hydrogen) atoms. The molecule has 0 fully saturated rings. The van der Waals surface area contributed by atoms with Gasteiger partial charge in [-0.1, -0.05) is 103 Å². The Bertz CT molecular complexity index is 1350. The van der Waals surface area contributed by atoms with E-state index in [0.717, 1.165) is 28.2 Å². The van der Waals surface area contributed by atoms with E-state index in [4.69, 9.17) is 0 Å². The topological polar surface area (TPSA) is 20.3 Å². The molecular formula is C32H25NO. The zero-order chi connectivity index (χ0) is 22.9. The first-order valence-corrected chi connectivity index (χ1v) is 11.8. The highest BCUT2D eigenvalue weighted by atomic mass is 16.1. The van der Waals surface area contributed by atoms with Gasteiger partial charge in [0.1, 0.15) is 0 Å². The highest BCUT2D eigenvalue weighted by molar-refractivity contribution is 6.02. The van der Waals surface area contributed by atoms with E-state index >= 15 is 0 Å². The molecule has 4 aromatic carbocycles. The van der Waals surface area contributed by atoms with Gasteiger partial charge in [0, 0.05) is 40.4 Å². The second-order valence-corrected chi connectivity index (χ2v) is 8.87. The van der Waals surface area contributed by atoms with Gasteiger partial charge in [0.2, 0.25) is 0 Å². The van der Waals surface area contributed by atoms with Gasteiger partial charge in [-0.2, -0.15) is 0 Å². The Morgan fingerprint density at radius 2 is 1.12 bits per heavy atom. The first kappa shape index (κ1) is 20.4.